The Morgan fingerprint density at radius 1 is 1.32 bits per heavy atom. The summed E-state index contributed by atoms with van der Waals surface area (Å²) in [6.07, 6.45) is 5.09. The van der Waals surface area contributed by atoms with Crippen LogP contribution in [0.15, 0.2) is 36.8 Å². The Morgan fingerprint density at radius 3 is 3.00 bits per heavy atom. The summed E-state index contributed by atoms with van der Waals surface area (Å²) in [7, 11) is 1.77. The van der Waals surface area contributed by atoms with Crippen LogP contribution in [-0.2, 0) is 9.53 Å². The zero-order chi connectivity index (χ0) is 15.5. The number of morpholine rings is 1. The van der Waals surface area contributed by atoms with Gasteiger partial charge in [0, 0.05) is 31.2 Å². The molecule has 1 unspecified atom stereocenters. The number of aryl methyl sites for hydroxylation is 1. The lowest BCUT2D eigenvalue weighted by Crippen LogP contribution is -2.41. The smallest absolute Gasteiger partial charge is 0.248 e. The lowest BCUT2D eigenvalue weighted by molar-refractivity contribution is -0.146. The number of amides is 1. The van der Waals surface area contributed by atoms with Crippen LogP contribution in [0.5, 0.6) is 11.5 Å². The van der Waals surface area contributed by atoms with Gasteiger partial charge in [-0.1, -0.05) is 0 Å². The van der Waals surface area contributed by atoms with E-state index in [0.717, 1.165) is 11.3 Å². The van der Waals surface area contributed by atoms with Crippen molar-refractivity contribution in [3.63, 3.8) is 0 Å². The minimum atomic E-state index is -0.207. The molecule has 0 bridgehead atoms. The number of ether oxygens (including phenoxy) is 2. The van der Waals surface area contributed by atoms with Gasteiger partial charge in [0.05, 0.1) is 18.3 Å². The summed E-state index contributed by atoms with van der Waals surface area (Å²) >= 11 is 0. The average molecular weight is 299 g/mol. The molecule has 2 aromatic rings. The van der Waals surface area contributed by atoms with Gasteiger partial charge in [-0.05, 0) is 25.1 Å². The third-order valence-electron chi connectivity index (χ3n) is 3.71. The van der Waals surface area contributed by atoms with E-state index in [9.17, 15) is 4.79 Å². The van der Waals surface area contributed by atoms with E-state index in [-0.39, 0.29) is 18.6 Å². The molecule has 22 heavy (non-hydrogen) atoms. The van der Waals surface area contributed by atoms with Gasteiger partial charge in [0.1, 0.15) is 18.1 Å². The van der Waals surface area contributed by atoms with Crippen LogP contribution in [0.3, 0.4) is 0 Å². The zero-order valence-corrected chi connectivity index (χ0v) is 12.5. The first-order valence-corrected chi connectivity index (χ1v) is 7.03. The normalized spacial score (nSPS) is 18.4. The fourth-order valence-corrected chi connectivity index (χ4v) is 2.38. The highest BCUT2D eigenvalue weighted by molar-refractivity contribution is 5.78. The van der Waals surface area contributed by atoms with Crippen molar-refractivity contribution in [3.8, 4) is 11.5 Å². The summed E-state index contributed by atoms with van der Waals surface area (Å²) in [5.74, 6) is 1.28. The Bertz CT molecular complexity index is 690. The second-order valence-electron chi connectivity index (χ2n) is 5.14. The third-order valence-corrected chi connectivity index (χ3v) is 3.71. The van der Waals surface area contributed by atoms with Crippen molar-refractivity contribution in [2.24, 2.45) is 0 Å². The maximum absolute atomic E-state index is 11.8. The van der Waals surface area contributed by atoms with E-state index in [2.05, 4.69) is 9.97 Å². The van der Waals surface area contributed by atoms with Crippen molar-refractivity contribution < 1.29 is 14.3 Å². The first-order valence-electron chi connectivity index (χ1n) is 7.03. The molecule has 3 heterocycles. The van der Waals surface area contributed by atoms with Gasteiger partial charge in [-0.15, -0.1) is 0 Å². The Balaban J connectivity index is 1.93. The topological polar surface area (TPSA) is 64.6 Å². The predicted octanol–water partition coefficient (Wildman–Crippen LogP) is 2.11. The summed E-state index contributed by atoms with van der Waals surface area (Å²) in [6, 6.07) is 5.26. The van der Waals surface area contributed by atoms with E-state index < -0.39 is 0 Å². The van der Waals surface area contributed by atoms with Gasteiger partial charge in [0.25, 0.3) is 0 Å². The van der Waals surface area contributed by atoms with Crippen LogP contribution in [0, 0.1) is 6.92 Å². The average Bonchev–Trinajstić information content (AvgIpc) is 2.53. The first-order chi connectivity index (χ1) is 10.7. The molecule has 0 saturated carbocycles. The van der Waals surface area contributed by atoms with Crippen LogP contribution < -0.4 is 4.74 Å². The van der Waals surface area contributed by atoms with Crippen molar-refractivity contribution in [1.82, 2.24) is 14.9 Å². The number of carbonyl (C=O) groups excluding carboxylic acids is 1. The van der Waals surface area contributed by atoms with E-state index in [1.54, 1.807) is 36.6 Å². The summed E-state index contributed by atoms with van der Waals surface area (Å²) in [5.41, 5.74) is 1.62. The molecule has 0 N–H and O–H groups in total. The van der Waals surface area contributed by atoms with Crippen molar-refractivity contribution >= 4 is 5.91 Å². The van der Waals surface area contributed by atoms with E-state index in [1.165, 1.54) is 0 Å². The fraction of sp³-hybridized carbons (Fsp3) is 0.312. The molecule has 1 aliphatic heterocycles. The largest absolute Gasteiger partial charge is 0.455 e. The van der Waals surface area contributed by atoms with E-state index in [0.29, 0.717) is 18.1 Å². The number of aromatic nitrogens is 2. The van der Waals surface area contributed by atoms with Crippen LogP contribution in [0.2, 0.25) is 0 Å². The molecule has 0 aromatic carbocycles. The summed E-state index contributed by atoms with van der Waals surface area (Å²) in [4.78, 5) is 21.9. The Hall–Kier alpha value is -2.47. The molecule has 1 amide bonds. The van der Waals surface area contributed by atoms with Crippen LogP contribution in [-0.4, -0.2) is 41.0 Å². The van der Waals surface area contributed by atoms with E-state index in [4.69, 9.17) is 9.47 Å². The Morgan fingerprint density at radius 2 is 2.18 bits per heavy atom. The number of carbonyl (C=O) groups is 1. The maximum atomic E-state index is 11.8. The number of pyridine rings is 2. The standard InChI is InChI=1S/C16H17N3O3/c1-11-14(4-3-6-18-11)22-15-5-7-17-8-12(15)13-9-21-10-16(20)19(13)2/h3-8,13H,9-10H2,1-2H3. The third kappa shape index (κ3) is 2.78. The van der Waals surface area contributed by atoms with Gasteiger partial charge < -0.3 is 14.4 Å². The van der Waals surface area contributed by atoms with Crippen molar-refractivity contribution in [2.75, 3.05) is 20.3 Å². The van der Waals surface area contributed by atoms with Crippen LogP contribution in [0.4, 0.5) is 0 Å². The number of rotatable bonds is 3. The molecule has 1 atom stereocenters. The summed E-state index contributed by atoms with van der Waals surface area (Å²) in [6.45, 7) is 2.43. The maximum Gasteiger partial charge on any atom is 0.248 e. The quantitative estimate of drug-likeness (QED) is 0.868. The monoisotopic (exact) mass is 299 g/mol. The van der Waals surface area contributed by atoms with Gasteiger partial charge in [-0.3, -0.25) is 14.8 Å². The lowest BCUT2D eigenvalue weighted by atomic mass is 10.1. The van der Waals surface area contributed by atoms with E-state index in [1.807, 2.05) is 19.1 Å². The van der Waals surface area contributed by atoms with Crippen molar-refractivity contribution in [1.29, 1.82) is 0 Å². The molecule has 0 aliphatic carbocycles. The minimum absolute atomic E-state index is 0.0522. The van der Waals surface area contributed by atoms with Gasteiger partial charge in [0.2, 0.25) is 5.91 Å². The minimum Gasteiger partial charge on any atom is -0.455 e. The molecule has 6 nitrogen and oxygen atoms in total. The van der Waals surface area contributed by atoms with Gasteiger partial charge in [0.15, 0.2) is 0 Å². The van der Waals surface area contributed by atoms with Gasteiger partial charge in [-0.2, -0.15) is 0 Å². The molecule has 114 valence electrons. The second kappa shape index (κ2) is 6.11. The van der Waals surface area contributed by atoms with Gasteiger partial charge >= 0.3 is 0 Å². The number of likely N-dealkylation sites (N-methyl/N-ethyl adjacent to an activating group) is 1. The highest BCUT2D eigenvalue weighted by Gasteiger charge is 2.29. The number of nitrogens with zero attached hydrogens (tertiary/aromatic N) is 3. The molecule has 2 aromatic heterocycles. The summed E-state index contributed by atoms with van der Waals surface area (Å²) in [5, 5.41) is 0. The van der Waals surface area contributed by atoms with Gasteiger partial charge in [-0.25, -0.2) is 0 Å². The highest BCUT2D eigenvalue weighted by atomic mass is 16.5. The van der Waals surface area contributed by atoms with Crippen molar-refractivity contribution in [2.45, 2.75) is 13.0 Å². The second-order valence-corrected chi connectivity index (χ2v) is 5.14. The molecular weight excluding hydrogens is 282 g/mol. The number of hydrogen-bond donors (Lipinski definition) is 0. The number of hydrogen-bond acceptors (Lipinski definition) is 5. The molecular formula is C16H17N3O3. The molecule has 0 spiro atoms. The predicted molar refractivity (Wildman–Crippen MR) is 79.6 cm³/mol. The molecule has 6 heteroatoms. The molecule has 3 rings (SSSR count). The van der Waals surface area contributed by atoms with Crippen LogP contribution in [0.1, 0.15) is 17.3 Å². The first kappa shape index (κ1) is 14.5. The summed E-state index contributed by atoms with van der Waals surface area (Å²) < 4.78 is 11.3. The molecule has 0 radical (unpaired) electrons. The van der Waals surface area contributed by atoms with Crippen LogP contribution >= 0.6 is 0 Å². The molecule has 1 saturated heterocycles. The zero-order valence-electron chi connectivity index (χ0n) is 12.5. The molecule has 1 aliphatic rings. The van der Waals surface area contributed by atoms with Crippen LogP contribution in [0.25, 0.3) is 0 Å². The highest BCUT2D eigenvalue weighted by Crippen LogP contribution is 2.33. The molecule has 1 fully saturated rings. The Labute approximate surface area is 128 Å². The fourth-order valence-electron chi connectivity index (χ4n) is 2.38. The Kier molecular flexibility index (Phi) is 4.02. The van der Waals surface area contributed by atoms with E-state index >= 15 is 0 Å². The lowest BCUT2D eigenvalue weighted by Gasteiger charge is -2.33. The van der Waals surface area contributed by atoms with Crippen molar-refractivity contribution in [3.05, 3.63) is 48.0 Å². The SMILES string of the molecule is Cc1ncccc1Oc1ccncc1C1COCC(=O)N1C.